The lowest BCUT2D eigenvalue weighted by Crippen LogP contribution is -2.31. The van der Waals surface area contributed by atoms with E-state index in [-0.39, 0.29) is 0 Å². The van der Waals surface area contributed by atoms with Gasteiger partial charge in [-0.2, -0.15) is 0 Å². The summed E-state index contributed by atoms with van der Waals surface area (Å²) in [5, 5.41) is 34.4. The lowest BCUT2D eigenvalue weighted by Gasteiger charge is -2.10. The molecule has 0 unspecified atom stereocenters. The second-order valence-corrected chi connectivity index (χ2v) is 1.15. The number of rotatable bonds is 3. The Labute approximate surface area is 52.6 Å². The topological polar surface area (TPSA) is 80.9 Å². The number of aliphatic hydroxyl groups is 4. The van der Waals surface area contributed by atoms with Crippen LogP contribution in [0, 0.1) is 0 Å². The maximum Gasteiger partial charge on any atom is 0.105 e. The molecule has 0 aliphatic rings. The molecule has 0 saturated heterocycles. The maximum absolute atomic E-state index is 8.71. The fraction of sp³-hybridized carbons (Fsp3) is 1.00. The quantitative estimate of drug-likeness (QED) is 0.342. The van der Waals surface area contributed by atoms with Crippen LogP contribution in [0.4, 0.5) is 0 Å². The third-order valence-corrected chi connectivity index (χ3v) is 0.564. The summed E-state index contributed by atoms with van der Waals surface area (Å²) in [5.41, 5.74) is 0. The molecule has 0 aliphatic heterocycles. The molecule has 0 fully saturated rings. The van der Waals surface area contributed by atoms with Gasteiger partial charge in [0.2, 0.25) is 0 Å². The first-order chi connectivity index (χ1) is 5.07. The van der Waals surface area contributed by atoms with E-state index >= 15 is 0 Å². The van der Waals surface area contributed by atoms with E-state index < -0.39 is 25.3 Å². The predicted octanol–water partition coefficient (Wildman–Crippen LogP) is -2.31. The summed E-state index contributed by atoms with van der Waals surface area (Å²) in [5.74, 6) is 0. The summed E-state index contributed by atoms with van der Waals surface area (Å²) in [7, 11) is 0. The van der Waals surface area contributed by atoms with Crippen LogP contribution in [-0.2, 0) is 0 Å². The molecule has 0 rings (SSSR count). The molecule has 4 nitrogen and oxygen atoms in total. The molecule has 0 aromatic carbocycles. The van der Waals surface area contributed by atoms with Crippen molar-refractivity contribution in [1.29, 1.82) is 0 Å². The highest BCUT2D eigenvalue weighted by molar-refractivity contribution is 4.62. The molecule has 8 heavy (non-hydrogen) atoms. The molecule has 4 N–H and O–H groups in total. The van der Waals surface area contributed by atoms with E-state index in [4.69, 9.17) is 25.9 Å². The predicted molar refractivity (Wildman–Crippen MR) is 26.2 cm³/mol. The van der Waals surface area contributed by atoms with Crippen LogP contribution < -0.4 is 0 Å². The minimum Gasteiger partial charge on any atom is -0.394 e. The van der Waals surface area contributed by atoms with Crippen LogP contribution >= 0.6 is 0 Å². The highest BCUT2D eigenvalue weighted by Gasteiger charge is 2.12. The molecule has 4 heteroatoms. The van der Waals surface area contributed by atoms with Crippen molar-refractivity contribution in [3.05, 3.63) is 0 Å². The van der Waals surface area contributed by atoms with Gasteiger partial charge in [-0.1, -0.05) is 0 Å². The van der Waals surface area contributed by atoms with E-state index in [9.17, 15) is 0 Å². The first kappa shape index (κ1) is 3.12. The van der Waals surface area contributed by atoms with Crippen molar-refractivity contribution in [2.45, 2.75) is 12.2 Å². The molecule has 0 radical (unpaired) electrons. The van der Waals surface area contributed by atoms with Crippen LogP contribution in [0.3, 0.4) is 0 Å². The van der Waals surface area contributed by atoms with E-state index in [0.717, 1.165) is 0 Å². The minimum absolute atomic E-state index is 2.41. The Balaban J connectivity index is 4.41. The lowest BCUT2D eigenvalue weighted by molar-refractivity contribution is -0.0388. The standard InChI is InChI=1S/C4H10O4/c5-1-3(7)4(8)2-6/h3-8H,1-2H2/t3-,4-/m1/s1/i1D2,2D2. The molecule has 50 valence electrons. The van der Waals surface area contributed by atoms with Gasteiger partial charge < -0.3 is 20.4 Å². The monoisotopic (exact) mass is 126 g/mol. The normalized spacial score (nSPS) is 29.0. The Kier molecular flexibility index (Phi) is 1.48. The minimum atomic E-state index is -3.16. The van der Waals surface area contributed by atoms with Crippen molar-refractivity contribution in [2.24, 2.45) is 0 Å². The third kappa shape index (κ3) is 2.23. The third-order valence-electron chi connectivity index (χ3n) is 0.564. The van der Waals surface area contributed by atoms with Gasteiger partial charge in [0.15, 0.2) is 0 Å². The van der Waals surface area contributed by atoms with Crippen molar-refractivity contribution < 1.29 is 25.9 Å². The van der Waals surface area contributed by atoms with Crippen molar-refractivity contribution in [3.63, 3.8) is 0 Å². The van der Waals surface area contributed by atoms with E-state index in [0.29, 0.717) is 0 Å². The fourth-order valence-corrected chi connectivity index (χ4v) is 0.141. The van der Waals surface area contributed by atoms with Gasteiger partial charge in [-0.25, -0.2) is 0 Å². The van der Waals surface area contributed by atoms with Gasteiger partial charge >= 0.3 is 0 Å². The van der Waals surface area contributed by atoms with Gasteiger partial charge in [0.1, 0.15) is 12.2 Å². The summed E-state index contributed by atoms with van der Waals surface area (Å²) in [4.78, 5) is 0. The molecule has 0 aromatic heterocycles. The van der Waals surface area contributed by atoms with Gasteiger partial charge in [0.25, 0.3) is 0 Å². The maximum atomic E-state index is 8.71. The Hall–Kier alpha value is -0.160. The SMILES string of the molecule is [2H]C([2H])(O)[C@@H](O)[C@H](O)C([2H])([2H])O. The van der Waals surface area contributed by atoms with Crippen LogP contribution in [0.5, 0.6) is 0 Å². The zero-order chi connectivity index (χ0) is 10.2. The molecule has 0 heterocycles. The van der Waals surface area contributed by atoms with Gasteiger partial charge in [-0.05, 0) is 0 Å². The second-order valence-electron chi connectivity index (χ2n) is 1.15. The Bertz CT molecular complexity index is 132. The highest BCUT2D eigenvalue weighted by atomic mass is 16.4. The molecule has 0 amide bonds. The zero-order valence-corrected chi connectivity index (χ0v) is 3.94. The van der Waals surface area contributed by atoms with Gasteiger partial charge in [0, 0.05) is 0 Å². The molecular formula is C4H10O4. The fourth-order valence-electron chi connectivity index (χ4n) is 0.141. The van der Waals surface area contributed by atoms with Crippen LogP contribution in [-0.4, -0.2) is 45.8 Å². The average molecular weight is 126 g/mol. The van der Waals surface area contributed by atoms with Crippen molar-refractivity contribution in [2.75, 3.05) is 13.1 Å². The number of hydrogen-bond acceptors (Lipinski definition) is 4. The molecule has 0 saturated carbocycles. The first-order valence-corrected chi connectivity index (χ1v) is 1.87. The van der Waals surface area contributed by atoms with Crippen LogP contribution in [0.25, 0.3) is 0 Å². The van der Waals surface area contributed by atoms with Crippen molar-refractivity contribution in [3.8, 4) is 0 Å². The van der Waals surface area contributed by atoms with Crippen molar-refractivity contribution in [1.82, 2.24) is 0 Å². The smallest absolute Gasteiger partial charge is 0.105 e. The molecule has 0 aromatic rings. The molecule has 2 atom stereocenters. The summed E-state index contributed by atoms with van der Waals surface area (Å²) in [6.07, 6.45) is -4.81. The summed E-state index contributed by atoms with van der Waals surface area (Å²) >= 11 is 0. The molecule has 0 spiro atoms. The van der Waals surface area contributed by atoms with Gasteiger partial charge in [-0.3, -0.25) is 0 Å². The first-order valence-electron chi connectivity index (χ1n) is 3.87. The van der Waals surface area contributed by atoms with E-state index in [1.807, 2.05) is 0 Å². The van der Waals surface area contributed by atoms with E-state index in [1.54, 1.807) is 0 Å². The van der Waals surface area contributed by atoms with Gasteiger partial charge in [-0.15, -0.1) is 0 Å². The van der Waals surface area contributed by atoms with Crippen LogP contribution in [0.1, 0.15) is 5.48 Å². The van der Waals surface area contributed by atoms with E-state index in [1.165, 1.54) is 0 Å². The Morgan fingerprint density at radius 2 is 1.38 bits per heavy atom. The molecule has 0 bridgehead atoms. The molecule has 0 aliphatic carbocycles. The van der Waals surface area contributed by atoms with Gasteiger partial charge in [0.05, 0.1) is 18.6 Å². The molecular weight excluding hydrogens is 112 g/mol. The Morgan fingerprint density at radius 3 is 1.50 bits per heavy atom. The van der Waals surface area contributed by atoms with E-state index in [2.05, 4.69) is 0 Å². The zero-order valence-electron chi connectivity index (χ0n) is 7.94. The number of hydrogen-bond donors (Lipinski definition) is 4. The Morgan fingerprint density at radius 1 is 1.12 bits per heavy atom. The average Bonchev–Trinajstić information content (AvgIpc) is 1.80. The second kappa shape index (κ2) is 3.80. The largest absolute Gasteiger partial charge is 0.394 e. The lowest BCUT2D eigenvalue weighted by atomic mass is 10.2. The number of aliphatic hydroxyl groups excluding tert-OH is 2. The summed E-state index contributed by atoms with van der Waals surface area (Å²) in [6, 6.07) is 0. The highest BCUT2D eigenvalue weighted by Crippen LogP contribution is 1.88. The van der Waals surface area contributed by atoms with Crippen molar-refractivity contribution >= 4 is 0 Å². The van der Waals surface area contributed by atoms with Crippen LogP contribution in [0.2, 0.25) is 0 Å². The summed E-state index contributed by atoms with van der Waals surface area (Å²) < 4.78 is 25.9. The summed E-state index contributed by atoms with van der Waals surface area (Å²) in [6.45, 7) is -6.31. The van der Waals surface area contributed by atoms with Crippen LogP contribution in [0.15, 0.2) is 0 Å².